The maximum Gasteiger partial charge on any atom is 0.344 e. The Bertz CT molecular complexity index is 831. The number of halogens is 3. The molecule has 0 heterocycles. The molecule has 2 rings (SSSR count). The lowest BCUT2D eigenvalue weighted by atomic mass is 10.1. The summed E-state index contributed by atoms with van der Waals surface area (Å²) in [5.41, 5.74) is 0.677. The quantitative estimate of drug-likeness (QED) is 0.686. The fourth-order valence-corrected chi connectivity index (χ4v) is 2.82. The van der Waals surface area contributed by atoms with Crippen molar-refractivity contribution in [3.63, 3.8) is 0 Å². The molecule has 144 valence electrons. The zero-order valence-corrected chi connectivity index (χ0v) is 16.2. The molecule has 1 N–H and O–H groups in total. The van der Waals surface area contributed by atoms with Crippen LogP contribution in [0, 0.1) is 5.82 Å². The van der Waals surface area contributed by atoms with E-state index in [1.54, 1.807) is 31.2 Å². The fraction of sp³-hybridized carbons (Fsp3) is 0.263. The lowest BCUT2D eigenvalue weighted by Crippen LogP contribution is -2.38. The normalized spacial score (nSPS) is 12.8. The number of amides is 1. The van der Waals surface area contributed by atoms with Gasteiger partial charge in [-0.3, -0.25) is 4.79 Å². The van der Waals surface area contributed by atoms with E-state index in [0.29, 0.717) is 15.6 Å². The van der Waals surface area contributed by atoms with E-state index >= 15 is 0 Å². The summed E-state index contributed by atoms with van der Waals surface area (Å²) in [5, 5.41) is 3.60. The van der Waals surface area contributed by atoms with Gasteiger partial charge in [0.15, 0.2) is 24.3 Å². The second-order valence-electron chi connectivity index (χ2n) is 5.75. The van der Waals surface area contributed by atoms with Crippen LogP contribution in [0.15, 0.2) is 42.5 Å². The minimum absolute atomic E-state index is 0.0717. The number of rotatable bonds is 7. The van der Waals surface area contributed by atoms with Gasteiger partial charge in [-0.15, -0.1) is 0 Å². The number of hydrogen-bond donors (Lipinski definition) is 1. The van der Waals surface area contributed by atoms with Gasteiger partial charge in [0.25, 0.3) is 5.91 Å². The van der Waals surface area contributed by atoms with Gasteiger partial charge in [-0.1, -0.05) is 41.4 Å². The number of esters is 1. The molecule has 0 aliphatic rings. The molecule has 0 fully saturated rings. The van der Waals surface area contributed by atoms with Crippen LogP contribution in [0.25, 0.3) is 0 Å². The molecular formula is C19H18Cl2FNO4. The number of carbonyl (C=O) groups excluding carboxylic acids is 2. The van der Waals surface area contributed by atoms with E-state index in [-0.39, 0.29) is 5.75 Å². The minimum atomic E-state index is -1.06. The van der Waals surface area contributed by atoms with Gasteiger partial charge in [-0.25, -0.2) is 9.18 Å². The van der Waals surface area contributed by atoms with Crippen molar-refractivity contribution >= 4 is 35.1 Å². The van der Waals surface area contributed by atoms with Gasteiger partial charge in [0.1, 0.15) is 0 Å². The molecule has 1 amide bonds. The highest BCUT2D eigenvalue weighted by Gasteiger charge is 2.21. The highest BCUT2D eigenvalue weighted by molar-refractivity contribution is 6.35. The van der Waals surface area contributed by atoms with Crippen LogP contribution in [-0.2, 0) is 14.3 Å². The zero-order valence-electron chi connectivity index (χ0n) is 14.7. The smallest absolute Gasteiger partial charge is 0.344 e. The average molecular weight is 414 g/mol. The summed E-state index contributed by atoms with van der Waals surface area (Å²) in [6, 6.07) is 10.2. The van der Waals surface area contributed by atoms with Gasteiger partial charge < -0.3 is 14.8 Å². The Morgan fingerprint density at radius 3 is 2.52 bits per heavy atom. The van der Waals surface area contributed by atoms with Crippen molar-refractivity contribution in [3.05, 3.63) is 63.9 Å². The molecular weight excluding hydrogens is 396 g/mol. The van der Waals surface area contributed by atoms with E-state index in [4.69, 9.17) is 32.7 Å². The number of hydrogen-bond acceptors (Lipinski definition) is 4. The largest absolute Gasteiger partial charge is 0.479 e. The van der Waals surface area contributed by atoms with E-state index in [2.05, 4.69) is 5.32 Å². The van der Waals surface area contributed by atoms with Crippen molar-refractivity contribution in [2.75, 3.05) is 6.61 Å². The maximum atomic E-state index is 13.4. The van der Waals surface area contributed by atoms with Crippen molar-refractivity contribution in [2.24, 2.45) is 0 Å². The summed E-state index contributed by atoms with van der Waals surface area (Å²) in [4.78, 5) is 24.0. The third kappa shape index (κ3) is 6.12. The third-order valence-corrected chi connectivity index (χ3v) is 4.21. The molecule has 0 spiro atoms. The Labute approximate surface area is 166 Å². The molecule has 0 aliphatic heterocycles. The third-order valence-electron chi connectivity index (χ3n) is 3.65. The highest BCUT2D eigenvalue weighted by atomic mass is 35.5. The Kier molecular flexibility index (Phi) is 7.45. The summed E-state index contributed by atoms with van der Waals surface area (Å²) in [7, 11) is 0. The van der Waals surface area contributed by atoms with Crippen molar-refractivity contribution in [3.8, 4) is 5.75 Å². The van der Waals surface area contributed by atoms with Gasteiger partial charge in [0, 0.05) is 10.0 Å². The van der Waals surface area contributed by atoms with Crippen LogP contribution >= 0.6 is 23.2 Å². The van der Waals surface area contributed by atoms with Gasteiger partial charge in [0.2, 0.25) is 0 Å². The monoisotopic (exact) mass is 413 g/mol. The van der Waals surface area contributed by atoms with Gasteiger partial charge in [0.05, 0.1) is 6.04 Å². The molecule has 27 heavy (non-hydrogen) atoms. The molecule has 0 radical (unpaired) electrons. The molecule has 8 heteroatoms. The Morgan fingerprint density at radius 1 is 1.15 bits per heavy atom. The molecule has 2 atom stereocenters. The van der Waals surface area contributed by atoms with Crippen molar-refractivity contribution < 1.29 is 23.5 Å². The summed E-state index contributed by atoms with van der Waals surface area (Å²) in [6.45, 7) is 2.65. The summed E-state index contributed by atoms with van der Waals surface area (Å²) in [6.07, 6.45) is -1.06. The number of ether oxygens (including phenoxy) is 2. The summed E-state index contributed by atoms with van der Waals surface area (Å²) in [5.74, 6) is -1.96. The van der Waals surface area contributed by atoms with E-state index in [1.165, 1.54) is 25.1 Å². The first kappa shape index (κ1) is 21.0. The SMILES string of the molecule is C[C@H](NC(=O)[C@@H](C)OC(=O)COc1ccccc1F)c1ccc(Cl)cc1Cl. The lowest BCUT2D eigenvalue weighted by molar-refractivity contribution is -0.156. The zero-order chi connectivity index (χ0) is 20.0. The first-order chi connectivity index (χ1) is 12.8. The Hall–Kier alpha value is -2.31. The van der Waals surface area contributed by atoms with Gasteiger partial charge in [-0.2, -0.15) is 0 Å². The fourth-order valence-electron chi connectivity index (χ4n) is 2.24. The van der Waals surface area contributed by atoms with Crippen molar-refractivity contribution in [1.82, 2.24) is 5.32 Å². The second-order valence-corrected chi connectivity index (χ2v) is 6.59. The molecule has 5 nitrogen and oxygen atoms in total. The first-order valence-corrected chi connectivity index (χ1v) is 8.85. The molecule has 0 aliphatic carbocycles. The van der Waals surface area contributed by atoms with Gasteiger partial charge in [-0.05, 0) is 43.7 Å². The predicted molar refractivity (Wildman–Crippen MR) is 100 cm³/mol. The average Bonchev–Trinajstić information content (AvgIpc) is 2.60. The molecule has 0 saturated carbocycles. The molecule has 2 aromatic carbocycles. The maximum absolute atomic E-state index is 13.4. The number of nitrogens with one attached hydrogen (secondary N) is 1. The van der Waals surface area contributed by atoms with Crippen molar-refractivity contribution in [2.45, 2.75) is 26.0 Å². The molecule has 0 saturated heterocycles. The van der Waals surface area contributed by atoms with Crippen LogP contribution in [0.5, 0.6) is 5.75 Å². The highest BCUT2D eigenvalue weighted by Crippen LogP contribution is 2.26. The Morgan fingerprint density at radius 2 is 1.85 bits per heavy atom. The molecule has 0 unspecified atom stereocenters. The lowest BCUT2D eigenvalue weighted by Gasteiger charge is -2.19. The topological polar surface area (TPSA) is 64.6 Å². The summed E-state index contributed by atoms with van der Waals surface area (Å²) < 4.78 is 23.5. The standard InChI is InChI=1S/C19H18Cl2FNO4/c1-11(14-8-7-13(20)9-15(14)21)23-19(25)12(2)27-18(24)10-26-17-6-4-3-5-16(17)22/h3-9,11-12H,10H2,1-2H3,(H,23,25)/t11-,12+/m0/s1. The van der Waals surface area contributed by atoms with E-state index in [0.717, 1.165) is 0 Å². The van der Waals surface area contributed by atoms with E-state index in [9.17, 15) is 14.0 Å². The number of benzene rings is 2. The van der Waals surface area contributed by atoms with Crippen LogP contribution in [0.1, 0.15) is 25.5 Å². The second kappa shape index (κ2) is 9.58. The molecule has 0 aromatic heterocycles. The van der Waals surface area contributed by atoms with Crippen molar-refractivity contribution in [1.29, 1.82) is 0 Å². The first-order valence-electron chi connectivity index (χ1n) is 8.10. The summed E-state index contributed by atoms with van der Waals surface area (Å²) >= 11 is 12.0. The Balaban J connectivity index is 1.85. The van der Waals surface area contributed by atoms with Crippen LogP contribution < -0.4 is 10.1 Å². The molecule has 0 bridgehead atoms. The van der Waals surface area contributed by atoms with Crippen LogP contribution in [0.4, 0.5) is 4.39 Å². The van der Waals surface area contributed by atoms with E-state index in [1.807, 2.05) is 0 Å². The van der Waals surface area contributed by atoms with E-state index < -0.39 is 36.4 Å². The van der Waals surface area contributed by atoms with Crippen LogP contribution in [0.3, 0.4) is 0 Å². The van der Waals surface area contributed by atoms with Crippen LogP contribution in [0.2, 0.25) is 10.0 Å². The van der Waals surface area contributed by atoms with Gasteiger partial charge >= 0.3 is 5.97 Å². The minimum Gasteiger partial charge on any atom is -0.479 e. The predicted octanol–water partition coefficient (Wildman–Crippen LogP) is 4.32. The number of para-hydroxylation sites is 1. The van der Waals surface area contributed by atoms with Crippen LogP contribution in [-0.4, -0.2) is 24.6 Å². The molecule has 2 aromatic rings. The number of carbonyl (C=O) groups is 2.